The molecule has 1 unspecified atom stereocenters. The van der Waals surface area contributed by atoms with Crippen LogP contribution in [0.4, 0.5) is 0 Å². The highest BCUT2D eigenvalue weighted by atomic mass is 15.2. The predicted molar refractivity (Wildman–Crippen MR) is 80.4 cm³/mol. The van der Waals surface area contributed by atoms with Crippen LogP contribution >= 0.6 is 0 Å². The number of rotatable bonds is 5. The Morgan fingerprint density at radius 1 is 0.789 bits per heavy atom. The molecule has 3 rings (SSSR count). The summed E-state index contributed by atoms with van der Waals surface area (Å²) < 4.78 is 0. The van der Waals surface area contributed by atoms with Crippen LogP contribution in [0, 0.1) is 29.6 Å². The second-order valence-corrected chi connectivity index (χ2v) is 7.67. The van der Waals surface area contributed by atoms with Gasteiger partial charge in [0.15, 0.2) is 0 Å². The number of nitrogens with two attached hydrogens (primary N) is 1. The minimum atomic E-state index is 0.614. The summed E-state index contributed by atoms with van der Waals surface area (Å²) >= 11 is 0. The van der Waals surface area contributed by atoms with E-state index < -0.39 is 0 Å². The van der Waals surface area contributed by atoms with Gasteiger partial charge in [-0.05, 0) is 42.4 Å². The van der Waals surface area contributed by atoms with Crippen molar-refractivity contribution in [1.82, 2.24) is 5.43 Å². The molecule has 3 aliphatic carbocycles. The summed E-state index contributed by atoms with van der Waals surface area (Å²) in [6.45, 7) is 2.41. The van der Waals surface area contributed by atoms with Crippen molar-refractivity contribution < 1.29 is 0 Å². The van der Waals surface area contributed by atoms with Gasteiger partial charge >= 0.3 is 0 Å². The highest BCUT2D eigenvalue weighted by molar-refractivity contribution is 4.95. The van der Waals surface area contributed by atoms with Crippen LogP contribution in [0.2, 0.25) is 0 Å². The largest absolute Gasteiger partial charge is 0.271 e. The van der Waals surface area contributed by atoms with Gasteiger partial charge in [0.1, 0.15) is 0 Å². The molecule has 0 bridgehead atoms. The highest BCUT2D eigenvalue weighted by Crippen LogP contribution is 2.48. The number of nitrogens with one attached hydrogen (secondary N) is 1. The van der Waals surface area contributed by atoms with E-state index in [2.05, 4.69) is 12.3 Å². The normalized spacial score (nSPS) is 34.9. The molecule has 0 spiro atoms. The Balaban J connectivity index is 1.66. The molecule has 1 atom stereocenters. The van der Waals surface area contributed by atoms with Crippen molar-refractivity contribution in [2.75, 3.05) is 0 Å². The second kappa shape index (κ2) is 6.13. The fraction of sp³-hybridized carbons (Fsp3) is 1.00. The quantitative estimate of drug-likeness (QED) is 0.584. The SMILES string of the molecule is CC1CCC(C(NN)C(C2CCC2)C2CCC2)CC1. The molecule has 2 heteroatoms. The topological polar surface area (TPSA) is 38.0 Å². The van der Waals surface area contributed by atoms with Gasteiger partial charge < -0.3 is 0 Å². The Kier molecular flexibility index (Phi) is 4.48. The van der Waals surface area contributed by atoms with Crippen LogP contribution in [0.25, 0.3) is 0 Å². The average Bonchev–Trinajstić information content (AvgIpc) is 2.28. The van der Waals surface area contributed by atoms with E-state index in [0.717, 1.165) is 29.6 Å². The van der Waals surface area contributed by atoms with Crippen molar-refractivity contribution in [3.8, 4) is 0 Å². The van der Waals surface area contributed by atoms with Gasteiger partial charge in [0.05, 0.1) is 0 Å². The van der Waals surface area contributed by atoms with E-state index in [9.17, 15) is 0 Å². The fourth-order valence-corrected chi connectivity index (χ4v) is 4.83. The zero-order valence-corrected chi connectivity index (χ0v) is 12.6. The summed E-state index contributed by atoms with van der Waals surface area (Å²) in [5.74, 6) is 10.7. The lowest BCUT2D eigenvalue weighted by Gasteiger charge is -2.49. The van der Waals surface area contributed by atoms with Crippen molar-refractivity contribution in [3.05, 3.63) is 0 Å². The zero-order chi connectivity index (χ0) is 13.2. The molecule has 2 nitrogen and oxygen atoms in total. The monoisotopic (exact) mass is 264 g/mol. The number of hydrazine groups is 1. The van der Waals surface area contributed by atoms with Crippen molar-refractivity contribution in [2.24, 2.45) is 35.4 Å². The maximum absolute atomic E-state index is 6.02. The van der Waals surface area contributed by atoms with Crippen LogP contribution in [0.1, 0.15) is 71.1 Å². The molecule has 0 aromatic carbocycles. The Bertz CT molecular complexity index is 261. The van der Waals surface area contributed by atoms with Crippen molar-refractivity contribution in [1.29, 1.82) is 0 Å². The van der Waals surface area contributed by atoms with E-state index in [-0.39, 0.29) is 0 Å². The average molecular weight is 264 g/mol. The molecule has 3 N–H and O–H groups in total. The minimum absolute atomic E-state index is 0.614. The maximum atomic E-state index is 6.02. The van der Waals surface area contributed by atoms with E-state index in [1.807, 2.05) is 0 Å². The molecule has 19 heavy (non-hydrogen) atoms. The first-order valence-electron chi connectivity index (χ1n) is 8.75. The third-order valence-corrected chi connectivity index (χ3v) is 6.56. The smallest absolute Gasteiger partial charge is 0.0272 e. The predicted octanol–water partition coefficient (Wildman–Crippen LogP) is 3.86. The van der Waals surface area contributed by atoms with Gasteiger partial charge in [-0.2, -0.15) is 0 Å². The van der Waals surface area contributed by atoms with Crippen molar-refractivity contribution in [3.63, 3.8) is 0 Å². The lowest BCUT2D eigenvalue weighted by molar-refractivity contribution is 0.0293. The molecule has 0 radical (unpaired) electrons. The first-order valence-corrected chi connectivity index (χ1v) is 8.75. The fourth-order valence-electron chi connectivity index (χ4n) is 4.83. The Morgan fingerprint density at radius 3 is 1.68 bits per heavy atom. The Labute approximate surface area is 118 Å². The van der Waals surface area contributed by atoms with Crippen LogP contribution in [-0.2, 0) is 0 Å². The van der Waals surface area contributed by atoms with Crippen molar-refractivity contribution >= 4 is 0 Å². The van der Waals surface area contributed by atoms with Gasteiger partial charge in [0, 0.05) is 6.04 Å². The summed E-state index contributed by atoms with van der Waals surface area (Å²) in [7, 11) is 0. The summed E-state index contributed by atoms with van der Waals surface area (Å²) in [5.41, 5.74) is 3.28. The van der Waals surface area contributed by atoms with Crippen LogP contribution in [0.3, 0.4) is 0 Å². The molecule has 0 saturated heterocycles. The third kappa shape index (κ3) is 2.85. The molecule has 110 valence electrons. The first kappa shape index (κ1) is 13.9. The summed E-state index contributed by atoms with van der Waals surface area (Å²) in [6, 6.07) is 0.614. The minimum Gasteiger partial charge on any atom is -0.271 e. The van der Waals surface area contributed by atoms with Gasteiger partial charge in [-0.25, -0.2) is 0 Å². The van der Waals surface area contributed by atoms with Crippen LogP contribution < -0.4 is 11.3 Å². The summed E-state index contributed by atoms with van der Waals surface area (Å²) in [6.07, 6.45) is 14.5. The molecule has 3 saturated carbocycles. The van der Waals surface area contributed by atoms with Gasteiger partial charge in [-0.15, -0.1) is 0 Å². The van der Waals surface area contributed by atoms with Gasteiger partial charge in [-0.1, -0.05) is 58.3 Å². The molecule has 0 aromatic rings. The molecule has 0 aromatic heterocycles. The van der Waals surface area contributed by atoms with E-state index in [0.29, 0.717) is 6.04 Å². The molecule has 0 aliphatic heterocycles. The standard InChI is InChI=1S/C17H32N2/c1-12-8-10-15(11-9-12)17(19-18)16(13-4-2-5-13)14-6-3-7-14/h12-17,19H,2-11,18H2,1H3. The molecule has 3 fully saturated rings. The van der Waals surface area contributed by atoms with E-state index in [1.165, 1.54) is 64.2 Å². The van der Waals surface area contributed by atoms with Crippen LogP contribution in [0.15, 0.2) is 0 Å². The Hall–Kier alpha value is -0.0800. The lowest BCUT2D eigenvalue weighted by atomic mass is 9.59. The maximum Gasteiger partial charge on any atom is 0.0272 e. The molecule has 0 amide bonds. The summed E-state index contributed by atoms with van der Waals surface area (Å²) in [4.78, 5) is 0. The summed E-state index contributed by atoms with van der Waals surface area (Å²) in [5, 5.41) is 0. The van der Waals surface area contributed by atoms with E-state index in [1.54, 1.807) is 0 Å². The van der Waals surface area contributed by atoms with Gasteiger partial charge in [0.2, 0.25) is 0 Å². The van der Waals surface area contributed by atoms with Crippen LogP contribution in [-0.4, -0.2) is 6.04 Å². The Morgan fingerprint density at radius 2 is 1.32 bits per heavy atom. The van der Waals surface area contributed by atoms with Crippen molar-refractivity contribution in [2.45, 2.75) is 77.2 Å². The van der Waals surface area contributed by atoms with Crippen LogP contribution in [0.5, 0.6) is 0 Å². The van der Waals surface area contributed by atoms with Gasteiger partial charge in [0.25, 0.3) is 0 Å². The lowest BCUT2D eigenvalue weighted by Crippen LogP contribution is -2.53. The van der Waals surface area contributed by atoms with E-state index >= 15 is 0 Å². The third-order valence-electron chi connectivity index (χ3n) is 6.56. The van der Waals surface area contributed by atoms with E-state index in [4.69, 9.17) is 5.84 Å². The second-order valence-electron chi connectivity index (χ2n) is 7.67. The zero-order valence-electron chi connectivity index (χ0n) is 12.6. The highest BCUT2D eigenvalue weighted by Gasteiger charge is 2.43. The molecular formula is C17H32N2. The molecule has 3 aliphatic rings. The number of hydrogen-bond acceptors (Lipinski definition) is 2. The number of hydrogen-bond donors (Lipinski definition) is 2. The molecule has 0 heterocycles. The van der Waals surface area contributed by atoms with Gasteiger partial charge in [-0.3, -0.25) is 11.3 Å². The first-order chi connectivity index (χ1) is 9.29. The molecular weight excluding hydrogens is 232 g/mol.